The van der Waals surface area contributed by atoms with E-state index in [1.54, 1.807) is 6.07 Å². The molecule has 2 N–H and O–H groups in total. The van der Waals surface area contributed by atoms with Gasteiger partial charge in [-0.2, -0.15) is 10.2 Å². The van der Waals surface area contributed by atoms with Crippen LogP contribution in [0.4, 0.5) is 0 Å². The summed E-state index contributed by atoms with van der Waals surface area (Å²) < 4.78 is 1.83. The molecule has 1 atom stereocenters. The number of rotatable bonds is 6. The van der Waals surface area contributed by atoms with Gasteiger partial charge in [-0.05, 0) is 52.8 Å². The molecule has 0 radical (unpaired) electrons. The van der Waals surface area contributed by atoms with Crippen molar-refractivity contribution in [2.45, 2.75) is 32.7 Å². The molecule has 0 saturated heterocycles. The van der Waals surface area contributed by atoms with E-state index in [1.807, 2.05) is 25.6 Å². The molecule has 1 aliphatic rings. The Morgan fingerprint density at radius 1 is 1.46 bits per heavy atom. The Balaban J connectivity index is 1.69. The van der Waals surface area contributed by atoms with Crippen molar-refractivity contribution in [3.63, 3.8) is 0 Å². The number of hydrogen-bond acceptors (Lipinski definition) is 4. The van der Waals surface area contributed by atoms with Crippen molar-refractivity contribution in [2.24, 2.45) is 13.0 Å². The lowest BCUT2D eigenvalue weighted by molar-refractivity contribution is 0.0934. The van der Waals surface area contributed by atoms with E-state index in [0.29, 0.717) is 24.2 Å². The smallest absolute Gasteiger partial charge is 0.269 e. The van der Waals surface area contributed by atoms with Gasteiger partial charge in [-0.1, -0.05) is 0 Å². The number of amides is 1. The Kier molecular flexibility index (Phi) is 4.45. The van der Waals surface area contributed by atoms with E-state index in [4.69, 9.17) is 0 Å². The fourth-order valence-electron chi connectivity index (χ4n) is 3.25. The van der Waals surface area contributed by atoms with Crippen LogP contribution in [0.1, 0.15) is 34.7 Å². The first-order valence-corrected chi connectivity index (χ1v) is 8.39. The molecule has 1 fully saturated rings. The summed E-state index contributed by atoms with van der Waals surface area (Å²) in [5.74, 6) is 0.596. The molecule has 0 bridgehead atoms. The molecule has 24 heavy (non-hydrogen) atoms. The number of aryl methyl sites for hydroxylation is 2. The second-order valence-electron chi connectivity index (χ2n) is 6.91. The summed E-state index contributed by atoms with van der Waals surface area (Å²) in [6, 6.07) is 2.20. The van der Waals surface area contributed by atoms with Gasteiger partial charge in [0.1, 0.15) is 5.69 Å². The van der Waals surface area contributed by atoms with Crippen LogP contribution >= 0.6 is 0 Å². The molecule has 2 heterocycles. The summed E-state index contributed by atoms with van der Waals surface area (Å²) in [7, 11) is 6.04. The zero-order valence-electron chi connectivity index (χ0n) is 15.1. The van der Waals surface area contributed by atoms with Gasteiger partial charge in [0.2, 0.25) is 0 Å². The third kappa shape index (κ3) is 3.21. The van der Waals surface area contributed by atoms with E-state index >= 15 is 0 Å². The summed E-state index contributed by atoms with van der Waals surface area (Å²) >= 11 is 0. The number of aromatic amines is 1. The van der Waals surface area contributed by atoms with Gasteiger partial charge in [-0.25, -0.2) is 0 Å². The zero-order valence-corrected chi connectivity index (χ0v) is 15.1. The van der Waals surface area contributed by atoms with Crippen molar-refractivity contribution in [2.75, 3.05) is 20.6 Å². The molecule has 3 rings (SSSR count). The third-order valence-corrected chi connectivity index (χ3v) is 4.89. The largest absolute Gasteiger partial charge is 0.349 e. The maximum absolute atomic E-state index is 12.4. The molecule has 2 aromatic rings. The Bertz CT molecular complexity index is 738. The van der Waals surface area contributed by atoms with Gasteiger partial charge in [0.15, 0.2) is 0 Å². The average molecular weight is 330 g/mol. The van der Waals surface area contributed by atoms with Gasteiger partial charge in [0.05, 0.1) is 11.4 Å². The van der Waals surface area contributed by atoms with Crippen LogP contribution < -0.4 is 5.32 Å². The zero-order chi connectivity index (χ0) is 17.4. The summed E-state index contributed by atoms with van der Waals surface area (Å²) in [6.07, 6.45) is 2.51. The predicted molar refractivity (Wildman–Crippen MR) is 92.8 cm³/mol. The number of H-pyrrole nitrogens is 1. The molecule has 7 nitrogen and oxygen atoms in total. The number of aromatic nitrogens is 4. The Morgan fingerprint density at radius 3 is 2.71 bits per heavy atom. The van der Waals surface area contributed by atoms with E-state index < -0.39 is 0 Å². The highest BCUT2D eigenvalue weighted by Crippen LogP contribution is 2.34. The van der Waals surface area contributed by atoms with Crippen LogP contribution in [-0.4, -0.2) is 57.5 Å². The van der Waals surface area contributed by atoms with E-state index in [-0.39, 0.29) is 5.91 Å². The van der Waals surface area contributed by atoms with Crippen LogP contribution in [0.2, 0.25) is 0 Å². The molecule has 130 valence electrons. The molecule has 1 aliphatic carbocycles. The maximum Gasteiger partial charge on any atom is 0.269 e. The van der Waals surface area contributed by atoms with E-state index in [9.17, 15) is 4.79 Å². The second-order valence-corrected chi connectivity index (χ2v) is 6.91. The topological polar surface area (TPSA) is 78.8 Å². The first-order chi connectivity index (χ1) is 11.4. The number of hydrogen-bond donors (Lipinski definition) is 2. The highest BCUT2D eigenvalue weighted by molar-refractivity contribution is 5.93. The van der Waals surface area contributed by atoms with E-state index in [0.717, 1.165) is 22.6 Å². The van der Waals surface area contributed by atoms with Crippen molar-refractivity contribution >= 4 is 5.91 Å². The molecular weight excluding hydrogens is 304 g/mol. The van der Waals surface area contributed by atoms with Crippen LogP contribution in [0, 0.1) is 19.8 Å². The van der Waals surface area contributed by atoms with E-state index in [2.05, 4.69) is 39.6 Å². The number of carbonyl (C=O) groups excluding carboxylic acids is 1. The fraction of sp³-hybridized carbons (Fsp3) is 0.588. The SMILES string of the molecule is Cc1nn(C)c(C)c1-c1cc(C(=O)NC[C@@H](C2CC2)N(C)C)[nH]n1. The van der Waals surface area contributed by atoms with Gasteiger partial charge in [-0.15, -0.1) is 0 Å². The minimum atomic E-state index is -0.111. The normalized spacial score (nSPS) is 15.8. The molecule has 0 spiro atoms. The van der Waals surface area contributed by atoms with Gasteiger partial charge < -0.3 is 10.2 Å². The molecule has 1 saturated carbocycles. The second kappa shape index (κ2) is 6.39. The maximum atomic E-state index is 12.4. The van der Waals surface area contributed by atoms with Crippen molar-refractivity contribution in [1.82, 2.24) is 30.2 Å². The van der Waals surface area contributed by atoms with Gasteiger partial charge >= 0.3 is 0 Å². The van der Waals surface area contributed by atoms with Crippen LogP contribution in [0.3, 0.4) is 0 Å². The Labute approximate surface area is 142 Å². The number of nitrogens with zero attached hydrogens (tertiary/aromatic N) is 4. The molecule has 1 amide bonds. The monoisotopic (exact) mass is 330 g/mol. The molecule has 7 heteroatoms. The number of carbonyl (C=O) groups is 1. The van der Waals surface area contributed by atoms with Gasteiger partial charge in [0.25, 0.3) is 5.91 Å². The summed E-state index contributed by atoms with van der Waals surface area (Å²) in [6.45, 7) is 4.62. The third-order valence-electron chi connectivity index (χ3n) is 4.89. The Hall–Kier alpha value is -2.15. The van der Waals surface area contributed by atoms with Crippen molar-refractivity contribution in [3.8, 4) is 11.3 Å². The number of likely N-dealkylation sites (N-methyl/N-ethyl adjacent to an activating group) is 1. The van der Waals surface area contributed by atoms with Crippen LogP contribution in [0.15, 0.2) is 6.07 Å². The van der Waals surface area contributed by atoms with Crippen molar-refractivity contribution in [3.05, 3.63) is 23.1 Å². The molecular formula is C17H26N6O. The van der Waals surface area contributed by atoms with E-state index in [1.165, 1.54) is 12.8 Å². The van der Waals surface area contributed by atoms with Crippen molar-refractivity contribution < 1.29 is 4.79 Å². The lowest BCUT2D eigenvalue weighted by Gasteiger charge is -2.24. The number of nitrogens with one attached hydrogen (secondary N) is 2. The molecule has 0 unspecified atom stereocenters. The first-order valence-electron chi connectivity index (χ1n) is 8.39. The highest BCUT2D eigenvalue weighted by Gasteiger charge is 2.32. The molecule has 0 aromatic carbocycles. The summed E-state index contributed by atoms with van der Waals surface area (Å²) in [5.41, 5.74) is 4.18. The highest BCUT2D eigenvalue weighted by atomic mass is 16.1. The standard InChI is InChI=1S/C17H26N6O/c1-10-16(11(2)23(5)21-10)13-8-14(20-19-13)17(24)18-9-15(22(3)4)12-6-7-12/h8,12,15H,6-7,9H2,1-5H3,(H,18,24)(H,19,20)/t15-/m0/s1. The fourth-order valence-corrected chi connectivity index (χ4v) is 3.25. The van der Waals surface area contributed by atoms with Gasteiger partial charge in [0, 0.05) is 30.9 Å². The lowest BCUT2D eigenvalue weighted by atomic mass is 10.1. The first kappa shape index (κ1) is 16.7. The van der Waals surface area contributed by atoms with Crippen molar-refractivity contribution in [1.29, 1.82) is 0 Å². The predicted octanol–water partition coefficient (Wildman–Crippen LogP) is 1.50. The molecule has 0 aliphatic heterocycles. The minimum absolute atomic E-state index is 0.111. The molecule has 2 aromatic heterocycles. The lowest BCUT2D eigenvalue weighted by Crippen LogP contribution is -2.41. The van der Waals surface area contributed by atoms with Crippen LogP contribution in [0.25, 0.3) is 11.3 Å². The summed E-state index contributed by atoms with van der Waals surface area (Å²) in [5, 5.41) is 14.6. The Morgan fingerprint density at radius 2 is 2.17 bits per heavy atom. The quantitative estimate of drug-likeness (QED) is 0.841. The minimum Gasteiger partial charge on any atom is -0.349 e. The summed E-state index contributed by atoms with van der Waals surface area (Å²) in [4.78, 5) is 14.6. The van der Waals surface area contributed by atoms with Crippen LogP contribution in [0.5, 0.6) is 0 Å². The average Bonchev–Trinajstić information content (AvgIpc) is 3.17. The van der Waals surface area contributed by atoms with Crippen LogP contribution in [-0.2, 0) is 7.05 Å². The van der Waals surface area contributed by atoms with Gasteiger partial charge in [-0.3, -0.25) is 14.6 Å².